The first kappa shape index (κ1) is 28.7. The van der Waals surface area contributed by atoms with Crippen molar-refractivity contribution in [2.45, 2.75) is 26.4 Å². The maximum absolute atomic E-state index is 12.6. The highest BCUT2D eigenvalue weighted by atomic mass is 35.5. The molecule has 40 heavy (non-hydrogen) atoms. The second-order valence-corrected chi connectivity index (χ2v) is 10.7. The summed E-state index contributed by atoms with van der Waals surface area (Å²) in [4.78, 5) is 41.9. The Morgan fingerprint density at radius 3 is 2.40 bits per heavy atom. The largest absolute Gasteiger partial charge is 0.444 e. The van der Waals surface area contributed by atoms with Crippen LogP contribution in [-0.4, -0.2) is 74.9 Å². The van der Waals surface area contributed by atoms with E-state index in [9.17, 15) is 9.59 Å². The Morgan fingerprint density at radius 1 is 1.05 bits per heavy atom. The third-order valence-electron chi connectivity index (χ3n) is 5.60. The van der Waals surface area contributed by atoms with Crippen LogP contribution in [0.3, 0.4) is 0 Å². The van der Waals surface area contributed by atoms with Gasteiger partial charge in [-0.2, -0.15) is 9.78 Å². The first-order valence-corrected chi connectivity index (χ1v) is 12.9. The highest BCUT2D eigenvalue weighted by Gasteiger charge is 2.23. The van der Waals surface area contributed by atoms with E-state index in [0.29, 0.717) is 39.8 Å². The minimum atomic E-state index is -0.693. The number of rotatable bonds is 7. The Morgan fingerprint density at radius 2 is 1.77 bits per heavy atom. The van der Waals surface area contributed by atoms with Crippen molar-refractivity contribution in [2.24, 2.45) is 0 Å². The quantitative estimate of drug-likeness (QED) is 0.314. The summed E-state index contributed by atoms with van der Waals surface area (Å²) >= 11 is 6.12. The van der Waals surface area contributed by atoms with E-state index in [4.69, 9.17) is 21.4 Å². The molecule has 0 aliphatic rings. The van der Waals surface area contributed by atoms with E-state index in [1.165, 1.54) is 17.3 Å². The number of aromatic nitrogens is 5. The Hall–Kier alpha value is -4.35. The number of hydrogen-bond acceptors (Lipinski definition) is 8. The number of likely N-dealkylation sites (N-methyl/N-ethyl adjacent to an activating group) is 2. The van der Waals surface area contributed by atoms with E-state index < -0.39 is 11.7 Å². The first-order valence-electron chi connectivity index (χ1n) is 12.5. The predicted octanol–water partition coefficient (Wildman–Crippen LogP) is 4.96. The average Bonchev–Trinajstić information content (AvgIpc) is 3.28. The lowest BCUT2D eigenvalue weighted by Crippen LogP contribution is -2.27. The number of carbonyl (C=O) groups is 2. The highest BCUT2D eigenvalue weighted by Crippen LogP contribution is 2.33. The van der Waals surface area contributed by atoms with Gasteiger partial charge in [-0.15, -0.1) is 0 Å². The van der Waals surface area contributed by atoms with Gasteiger partial charge in [0.2, 0.25) is 5.91 Å². The number of benzene rings is 1. The van der Waals surface area contributed by atoms with Gasteiger partial charge >= 0.3 is 6.09 Å². The fourth-order valence-corrected chi connectivity index (χ4v) is 3.85. The van der Waals surface area contributed by atoms with Gasteiger partial charge < -0.3 is 14.5 Å². The van der Waals surface area contributed by atoms with E-state index in [2.05, 4.69) is 20.3 Å². The number of ether oxygens (including phenoxy) is 1. The summed E-state index contributed by atoms with van der Waals surface area (Å²) in [7, 11) is 5.54. The average molecular weight is 563 g/mol. The van der Waals surface area contributed by atoms with Crippen molar-refractivity contribution in [3.63, 3.8) is 0 Å². The smallest absolute Gasteiger partial charge is 0.413 e. The summed E-state index contributed by atoms with van der Waals surface area (Å²) in [6, 6.07) is 10.7. The van der Waals surface area contributed by atoms with Crippen molar-refractivity contribution < 1.29 is 14.3 Å². The molecule has 4 aromatic rings. The molecular weight excluding hydrogens is 532 g/mol. The zero-order valence-electron chi connectivity index (χ0n) is 23.2. The molecule has 0 fully saturated rings. The molecule has 0 saturated carbocycles. The molecule has 0 unspecified atom stereocenters. The fraction of sp³-hybridized carbons (Fsp3) is 0.286. The molecular formula is C28H31ClN8O3. The predicted molar refractivity (Wildman–Crippen MR) is 156 cm³/mol. The summed E-state index contributed by atoms with van der Waals surface area (Å²) in [5.74, 6) is 0.526. The van der Waals surface area contributed by atoms with Gasteiger partial charge in [0, 0.05) is 30.3 Å². The van der Waals surface area contributed by atoms with Gasteiger partial charge in [0.05, 0.1) is 17.3 Å². The summed E-state index contributed by atoms with van der Waals surface area (Å²) < 4.78 is 6.99. The molecule has 0 aliphatic carbocycles. The summed E-state index contributed by atoms with van der Waals surface area (Å²) in [5, 5.41) is 8.58. The zero-order chi connectivity index (χ0) is 29.0. The van der Waals surface area contributed by atoms with Gasteiger partial charge in [-0.3, -0.25) is 10.1 Å². The third kappa shape index (κ3) is 6.80. The topological polar surface area (TPSA) is 118 Å². The number of hydrogen-bond donors (Lipinski definition) is 1. The maximum Gasteiger partial charge on any atom is 0.413 e. The Balaban J connectivity index is 1.74. The van der Waals surface area contributed by atoms with Crippen LogP contribution in [0.4, 0.5) is 16.3 Å². The minimum absolute atomic E-state index is 0.170. The minimum Gasteiger partial charge on any atom is -0.444 e. The van der Waals surface area contributed by atoms with Crippen molar-refractivity contribution in [3.05, 3.63) is 66.1 Å². The third-order valence-corrected chi connectivity index (χ3v) is 5.85. The van der Waals surface area contributed by atoms with E-state index in [1.54, 1.807) is 69.0 Å². The molecule has 12 heteroatoms. The number of anilines is 2. The van der Waals surface area contributed by atoms with Crippen molar-refractivity contribution in [3.8, 4) is 17.1 Å². The molecule has 1 aromatic carbocycles. The van der Waals surface area contributed by atoms with Crippen LogP contribution in [0.1, 0.15) is 20.8 Å². The van der Waals surface area contributed by atoms with Gasteiger partial charge in [-0.25, -0.2) is 19.7 Å². The molecule has 0 radical (unpaired) electrons. The monoisotopic (exact) mass is 562 g/mol. The number of fused-ring (bicyclic) bond motifs is 1. The Kier molecular flexibility index (Phi) is 8.46. The van der Waals surface area contributed by atoms with Gasteiger partial charge in [0.15, 0.2) is 17.3 Å². The number of amides is 2. The number of nitrogens with one attached hydrogen (secondary N) is 1. The van der Waals surface area contributed by atoms with Crippen LogP contribution in [0.2, 0.25) is 5.02 Å². The molecule has 0 saturated heterocycles. The van der Waals surface area contributed by atoms with Crippen molar-refractivity contribution >= 4 is 46.1 Å². The standard InChI is InChI=1S/C28H31ClN8O3/c1-28(2,3)40-27(39)33-25-23-24(18-9-11-19(29)12-10-18)34-37(26(23)32-17-31-25)21-14-13-20(16-30-21)36(6)22(38)8-7-15-35(4)5/h7-14,16-17H,15H2,1-6H3,(H,31,32,33,39). The normalized spacial score (nSPS) is 11.8. The molecule has 0 spiro atoms. The van der Waals surface area contributed by atoms with Crippen LogP contribution in [0.25, 0.3) is 28.1 Å². The van der Waals surface area contributed by atoms with E-state index in [1.807, 2.05) is 31.1 Å². The second-order valence-electron chi connectivity index (χ2n) is 10.3. The molecule has 0 atom stereocenters. The molecule has 4 rings (SSSR count). The maximum atomic E-state index is 12.6. The van der Waals surface area contributed by atoms with Crippen LogP contribution in [0, 0.1) is 0 Å². The van der Waals surface area contributed by atoms with Crippen LogP contribution in [0.15, 0.2) is 61.1 Å². The first-order chi connectivity index (χ1) is 18.9. The number of carbonyl (C=O) groups excluding carboxylic acids is 2. The fourth-order valence-electron chi connectivity index (χ4n) is 3.72. The van der Waals surface area contributed by atoms with Crippen molar-refractivity contribution in [1.29, 1.82) is 0 Å². The number of nitrogens with zero attached hydrogens (tertiary/aromatic N) is 7. The van der Waals surface area contributed by atoms with Gasteiger partial charge in [0.1, 0.15) is 17.6 Å². The Bertz CT molecular complexity index is 1540. The second kappa shape index (κ2) is 11.8. The summed E-state index contributed by atoms with van der Waals surface area (Å²) in [6.45, 7) is 5.99. The zero-order valence-corrected chi connectivity index (χ0v) is 24.0. The lowest BCUT2D eigenvalue weighted by atomic mass is 10.1. The number of pyridine rings is 1. The van der Waals surface area contributed by atoms with Crippen LogP contribution < -0.4 is 10.2 Å². The van der Waals surface area contributed by atoms with Crippen LogP contribution in [-0.2, 0) is 9.53 Å². The van der Waals surface area contributed by atoms with Crippen molar-refractivity contribution in [1.82, 2.24) is 29.6 Å². The molecule has 2 amide bonds. The molecule has 1 N–H and O–H groups in total. The van der Waals surface area contributed by atoms with Crippen molar-refractivity contribution in [2.75, 3.05) is 37.9 Å². The molecule has 3 aromatic heterocycles. The van der Waals surface area contributed by atoms with Crippen LogP contribution >= 0.6 is 11.6 Å². The molecule has 0 bridgehead atoms. The molecule has 0 aliphatic heterocycles. The van der Waals surface area contributed by atoms with Gasteiger partial charge in [-0.05, 0) is 59.1 Å². The summed E-state index contributed by atoms with van der Waals surface area (Å²) in [6.07, 6.45) is 5.60. The van der Waals surface area contributed by atoms with E-state index in [-0.39, 0.29) is 11.7 Å². The molecule has 3 heterocycles. The highest BCUT2D eigenvalue weighted by molar-refractivity contribution is 6.30. The van der Waals surface area contributed by atoms with Crippen LogP contribution in [0.5, 0.6) is 0 Å². The summed E-state index contributed by atoms with van der Waals surface area (Å²) in [5.41, 5.74) is 1.59. The lowest BCUT2D eigenvalue weighted by Gasteiger charge is -2.19. The van der Waals surface area contributed by atoms with Gasteiger partial charge in [-0.1, -0.05) is 29.8 Å². The van der Waals surface area contributed by atoms with E-state index >= 15 is 0 Å². The van der Waals surface area contributed by atoms with Gasteiger partial charge in [0.25, 0.3) is 0 Å². The Labute approximate surface area is 237 Å². The molecule has 11 nitrogen and oxygen atoms in total. The van der Waals surface area contributed by atoms with E-state index in [0.717, 1.165) is 5.56 Å². The molecule has 208 valence electrons. The SMILES string of the molecule is CN(C)CC=CC(=O)N(C)c1ccc(-n2nc(-c3ccc(Cl)cc3)c3c(NC(=O)OC(C)(C)C)ncnc32)nc1. The lowest BCUT2D eigenvalue weighted by molar-refractivity contribution is -0.113. The number of halogens is 1.